The Morgan fingerprint density at radius 2 is 1.10 bits per heavy atom. The van der Waals surface area contributed by atoms with Gasteiger partial charge in [0.15, 0.2) is 11.5 Å². The first-order chi connectivity index (χ1) is 10.3. The van der Waals surface area contributed by atoms with Gasteiger partial charge in [-0.05, 0) is 12.1 Å². The van der Waals surface area contributed by atoms with E-state index in [1.165, 1.54) is 0 Å². The zero-order valence-corrected chi connectivity index (χ0v) is 12.1. The summed E-state index contributed by atoms with van der Waals surface area (Å²) >= 11 is 0. The summed E-state index contributed by atoms with van der Waals surface area (Å²) in [4.78, 5) is 10.4. The highest BCUT2D eigenvalue weighted by Crippen LogP contribution is 2.22. The molecule has 0 saturated heterocycles. The van der Waals surface area contributed by atoms with Gasteiger partial charge in [-0.2, -0.15) is 0 Å². The molecule has 5 nitrogen and oxygen atoms in total. The fraction of sp³-hybridized carbons (Fsp3) is 0.250. The van der Waals surface area contributed by atoms with Crippen molar-refractivity contribution >= 4 is 0 Å². The highest BCUT2D eigenvalue weighted by Gasteiger charge is 2.07. The fourth-order valence-electron chi connectivity index (χ4n) is 1.81. The zero-order chi connectivity index (χ0) is 14.9. The molecule has 2 rings (SSSR count). The molecule has 0 atom stereocenters. The lowest BCUT2D eigenvalue weighted by Gasteiger charge is -2.10. The van der Waals surface area contributed by atoms with Gasteiger partial charge < -0.3 is 9.47 Å². The lowest BCUT2D eigenvalue weighted by molar-refractivity contribution is -0.411. The van der Waals surface area contributed by atoms with Crippen molar-refractivity contribution in [1.29, 1.82) is 0 Å². The molecule has 0 amide bonds. The predicted molar refractivity (Wildman–Crippen MR) is 76.7 cm³/mol. The van der Waals surface area contributed by atoms with Crippen LogP contribution < -0.4 is 9.78 Å². The number of ether oxygens (including phenoxy) is 2. The Bertz CT molecular complexity index is 506. The van der Waals surface area contributed by atoms with Crippen molar-refractivity contribution in [3.05, 3.63) is 59.7 Å². The molecule has 0 aliphatic heterocycles. The smallest absolute Gasteiger partial charge is 0.175 e. The van der Waals surface area contributed by atoms with Gasteiger partial charge in [0.1, 0.15) is 0 Å². The Kier molecular flexibility index (Phi) is 6.02. The molecule has 21 heavy (non-hydrogen) atoms. The van der Waals surface area contributed by atoms with Crippen molar-refractivity contribution in [3.63, 3.8) is 0 Å². The molecule has 0 fully saturated rings. The molecule has 5 heteroatoms. The van der Waals surface area contributed by atoms with Crippen LogP contribution in [0.15, 0.2) is 48.5 Å². The van der Waals surface area contributed by atoms with Gasteiger partial charge in [0, 0.05) is 30.4 Å². The minimum Gasteiger partial charge on any atom is -0.380 e. The van der Waals surface area contributed by atoms with E-state index in [-0.39, 0.29) is 0 Å². The molecule has 2 aromatic carbocycles. The van der Waals surface area contributed by atoms with E-state index in [4.69, 9.17) is 24.3 Å². The summed E-state index contributed by atoms with van der Waals surface area (Å²) in [6, 6.07) is 14.8. The van der Waals surface area contributed by atoms with Crippen LogP contribution in [-0.4, -0.2) is 14.2 Å². The highest BCUT2D eigenvalue weighted by atomic mass is 17.5. The van der Waals surface area contributed by atoms with Crippen LogP contribution in [0.5, 0.6) is 11.5 Å². The van der Waals surface area contributed by atoms with E-state index in [1.807, 2.05) is 36.4 Å². The summed E-state index contributed by atoms with van der Waals surface area (Å²) in [5.41, 5.74) is 1.74. The van der Waals surface area contributed by atoms with Crippen LogP contribution in [0.2, 0.25) is 0 Å². The Morgan fingerprint density at radius 3 is 1.52 bits per heavy atom. The Morgan fingerprint density at radius 1 is 0.667 bits per heavy atom. The summed E-state index contributed by atoms with van der Waals surface area (Å²) in [5.74, 6) is 1.09. The molecule has 0 aliphatic rings. The van der Waals surface area contributed by atoms with Gasteiger partial charge >= 0.3 is 0 Å². The van der Waals surface area contributed by atoms with Crippen LogP contribution in [0.1, 0.15) is 11.1 Å². The first-order valence-corrected chi connectivity index (χ1v) is 6.50. The van der Waals surface area contributed by atoms with E-state index in [0.29, 0.717) is 24.7 Å². The van der Waals surface area contributed by atoms with E-state index < -0.39 is 0 Å². The van der Waals surface area contributed by atoms with Gasteiger partial charge in [-0.15, -0.1) is 0 Å². The molecular formula is C16H18O5. The maximum absolute atomic E-state index is 5.18. The second-order valence-electron chi connectivity index (χ2n) is 4.32. The first kappa shape index (κ1) is 15.3. The third-order valence-corrected chi connectivity index (χ3v) is 2.79. The van der Waals surface area contributed by atoms with Crippen LogP contribution in [0.3, 0.4) is 0 Å². The quantitative estimate of drug-likeness (QED) is 0.551. The molecule has 0 saturated carbocycles. The van der Waals surface area contributed by atoms with Crippen molar-refractivity contribution < 1.29 is 24.3 Å². The molecule has 2 aromatic rings. The summed E-state index contributed by atoms with van der Waals surface area (Å²) in [7, 11) is 3.24. The van der Waals surface area contributed by atoms with Gasteiger partial charge in [0.05, 0.1) is 13.2 Å². The third-order valence-electron chi connectivity index (χ3n) is 2.79. The summed E-state index contributed by atoms with van der Waals surface area (Å²) < 4.78 is 10.2. The van der Waals surface area contributed by atoms with Gasteiger partial charge in [0.25, 0.3) is 0 Å². The Labute approximate surface area is 123 Å². The van der Waals surface area contributed by atoms with E-state index in [2.05, 4.69) is 0 Å². The first-order valence-electron chi connectivity index (χ1n) is 6.50. The number of methoxy groups -OCH3 is 2. The second kappa shape index (κ2) is 8.26. The fourth-order valence-corrected chi connectivity index (χ4v) is 1.81. The monoisotopic (exact) mass is 290 g/mol. The van der Waals surface area contributed by atoms with Crippen LogP contribution in [0.25, 0.3) is 0 Å². The van der Waals surface area contributed by atoms with Crippen LogP contribution in [0.4, 0.5) is 0 Å². The average molecular weight is 290 g/mol. The average Bonchev–Trinajstić information content (AvgIpc) is 2.51. The maximum Gasteiger partial charge on any atom is 0.175 e. The number of hydrogen-bond acceptors (Lipinski definition) is 5. The molecule has 0 N–H and O–H groups in total. The molecule has 0 spiro atoms. The van der Waals surface area contributed by atoms with Crippen LogP contribution >= 0.6 is 0 Å². The van der Waals surface area contributed by atoms with Crippen LogP contribution in [-0.2, 0) is 27.7 Å². The van der Waals surface area contributed by atoms with Crippen molar-refractivity contribution in [2.75, 3.05) is 14.2 Å². The Hall–Kier alpha value is -2.08. The second-order valence-corrected chi connectivity index (χ2v) is 4.32. The number of benzene rings is 2. The summed E-state index contributed by atoms with van der Waals surface area (Å²) in [5, 5.41) is 4.87. The summed E-state index contributed by atoms with van der Waals surface area (Å²) in [6.07, 6.45) is 0. The normalized spacial score (nSPS) is 10.4. The summed E-state index contributed by atoms with van der Waals surface area (Å²) in [6.45, 7) is 0.861. The molecular weight excluding hydrogens is 272 g/mol. The molecule has 0 aromatic heterocycles. The van der Waals surface area contributed by atoms with Gasteiger partial charge in [0.2, 0.25) is 0 Å². The third kappa shape index (κ3) is 4.46. The highest BCUT2D eigenvalue weighted by molar-refractivity contribution is 5.33. The van der Waals surface area contributed by atoms with E-state index in [9.17, 15) is 0 Å². The molecule has 0 unspecified atom stereocenters. The van der Waals surface area contributed by atoms with Crippen molar-refractivity contribution in [2.45, 2.75) is 13.2 Å². The molecule has 112 valence electrons. The topological polar surface area (TPSA) is 46.2 Å². The van der Waals surface area contributed by atoms with E-state index >= 15 is 0 Å². The molecule has 0 aliphatic carbocycles. The van der Waals surface area contributed by atoms with Crippen LogP contribution in [0, 0.1) is 0 Å². The molecule has 0 bridgehead atoms. The van der Waals surface area contributed by atoms with Gasteiger partial charge in [-0.3, -0.25) is 9.78 Å². The minimum absolute atomic E-state index is 0.430. The molecule has 0 heterocycles. The zero-order valence-electron chi connectivity index (χ0n) is 12.1. The number of para-hydroxylation sites is 2. The lowest BCUT2D eigenvalue weighted by Crippen LogP contribution is -2.06. The maximum atomic E-state index is 5.18. The van der Waals surface area contributed by atoms with E-state index in [1.54, 1.807) is 26.4 Å². The molecule has 0 radical (unpaired) electrons. The number of rotatable bonds is 8. The van der Waals surface area contributed by atoms with Gasteiger partial charge in [-0.25, -0.2) is 0 Å². The SMILES string of the molecule is COCc1ccccc1OOOc1ccccc1COC. The largest absolute Gasteiger partial charge is 0.380 e. The standard InChI is InChI=1S/C16H18O5/c1-17-11-13-7-3-5-9-15(13)19-21-20-16-10-6-4-8-14(16)12-18-2/h3-10H,11-12H2,1-2H3. The van der Waals surface area contributed by atoms with Crippen molar-refractivity contribution in [2.24, 2.45) is 0 Å². The number of hydrogen-bond donors (Lipinski definition) is 0. The van der Waals surface area contributed by atoms with E-state index in [0.717, 1.165) is 11.1 Å². The van der Waals surface area contributed by atoms with Gasteiger partial charge in [-0.1, -0.05) is 36.4 Å². The van der Waals surface area contributed by atoms with Crippen molar-refractivity contribution in [3.8, 4) is 11.5 Å². The minimum atomic E-state index is 0.430. The Balaban J connectivity index is 1.95. The predicted octanol–water partition coefficient (Wildman–Crippen LogP) is 3.28. The lowest BCUT2D eigenvalue weighted by atomic mass is 10.2. The van der Waals surface area contributed by atoms with Crippen molar-refractivity contribution in [1.82, 2.24) is 0 Å².